The van der Waals surface area contributed by atoms with Gasteiger partial charge in [-0.25, -0.2) is 0 Å². The lowest BCUT2D eigenvalue weighted by molar-refractivity contribution is -0.128. The number of fused-ring (bicyclic) bond motifs is 1. The molecule has 0 spiro atoms. The van der Waals surface area contributed by atoms with Crippen molar-refractivity contribution >= 4 is 55.9 Å². The first-order chi connectivity index (χ1) is 12.6. The molecule has 0 aliphatic rings. The number of rotatable bonds is 5. The van der Waals surface area contributed by atoms with E-state index in [1.807, 2.05) is 47.8 Å². The van der Waals surface area contributed by atoms with Crippen LogP contribution >= 0.6 is 27.3 Å². The van der Waals surface area contributed by atoms with Crippen molar-refractivity contribution in [2.75, 3.05) is 6.61 Å². The first-order valence-electron chi connectivity index (χ1n) is 7.74. The molecule has 3 rings (SSSR count). The van der Waals surface area contributed by atoms with E-state index in [1.165, 1.54) is 17.4 Å². The van der Waals surface area contributed by atoms with E-state index >= 15 is 0 Å². The molecular formula is C19H15BrN2O3S. The van der Waals surface area contributed by atoms with Gasteiger partial charge in [-0.2, -0.15) is 0 Å². The third-order valence-corrected chi connectivity index (χ3v) is 5.11. The van der Waals surface area contributed by atoms with Gasteiger partial charge in [-0.1, -0.05) is 36.4 Å². The van der Waals surface area contributed by atoms with Gasteiger partial charge >= 0.3 is 0 Å². The van der Waals surface area contributed by atoms with Gasteiger partial charge in [-0.15, -0.1) is 11.3 Å². The average molecular weight is 431 g/mol. The Morgan fingerprint density at radius 3 is 2.73 bits per heavy atom. The average Bonchev–Trinajstić information content (AvgIpc) is 3.18. The highest BCUT2D eigenvalue weighted by Gasteiger charge is 2.09. The molecule has 0 unspecified atom stereocenters. The summed E-state index contributed by atoms with van der Waals surface area (Å²) < 4.78 is 6.31. The molecule has 0 saturated heterocycles. The largest absolute Gasteiger partial charge is 0.483 e. The van der Waals surface area contributed by atoms with Gasteiger partial charge in [-0.05, 0) is 50.3 Å². The molecule has 3 aromatic rings. The van der Waals surface area contributed by atoms with Gasteiger partial charge in [0.05, 0.1) is 4.47 Å². The molecule has 5 nitrogen and oxygen atoms in total. The number of hydrogen-bond donors (Lipinski definition) is 2. The summed E-state index contributed by atoms with van der Waals surface area (Å²) in [5.41, 5.74) is 4.63. The van der Waals surface area contributed by atoms with E-state index in [4.69, 9.17) is 4.74 Å². The van der Waals surface area contributed by atoms with Gasteiger partial charge in [0.15, 0.2) is 6.61 Å². The van der Waals surface area contributed by atoms with Crippen molar-refractivity contribution in [1.82, 2.24) is 10.9 Å². The Kier molecular flexibility index (Phi) is 6.04. The minimum atomic E-state index is -0.456. The highest BCUT2D eigenvalue weighted by molar-refractivity contribution is 9.10. The summed E-state index contributed by atoms with van der Waals surface area (Å²) in [6, 6.07) is 15.4. The molecule has 0 radical (unpaired) electrons. The van der Waals surface area contributed by atoms with Crippen LogP contribution in [0.15, 0.2) is 64.5 Å². The number of hydrogen-bond acceptors (Lipinski definition) is 4. The van der Waals surface area contributed by atoms with Crippen LogP contribution < -0.4 is 15.6 Å². The maximum atomic E-state index is 11.8. The number of ether oxygens (including phenoxy) is 1. The number of nitrogens with one attached hydrogen (secondary N) is 2. The van der Waals surface area contributed by atoms with Gasteiger partial charge in [0.2, 0.25) is 0 Å². The molecule has 1 aromatic heterocycles. The highest BCUT2D eigenvalue weighted by Crippen LogP contribution is 2.32. The van der Waals surface area contributed by atoms with Crippen LogP contribution in [0.2, 0.25) is 0 Å². The van der Waals surface area contributed by atoms with Crippen molar-refractivity contribution in [1.29, 1.82) is 0 Å². The number of thiophene rings is 1. The molecule has 0 saturated carbocycles. The lowest BCUT2D eigenvalue weighted by atomic mass is 10.1. The number of amides is 2. The first kappa shape index (κ1) is 18.2. The lowest BCUT2D eigenvalue weighted by Gasteiger charge is -2.10. The fraction of sp³-hybridized carbons (Fsp3) is 0.0526. The Balaban J connectivity index is 1.50. The van der Waals surface area contributed by atoms with Crippen LogP contribution in [0.1, 0.15) is 4.88 Å². The molecule has 2 aromatic carbocycles. The van der Waals surface area contributed by atoms with Crippen LogP contribution in [0.25, 0.3) is 16.8 Å². The summed E-state index contributed by atoms with van der Waals surface area (Å²) in [4.78, 5) is 24.5. The van der Waals surface area contributed by atoms with Crippen LogP contribution in [0.4, 0.5) is 0 Å². The summed E-state index contributed by atoms with van der Waals surface area (Å²) in [5, 5.41) is 3.99. The van der Waals surface area contributed by atoms with Gasteiger partial charge in [0, 0.05) is 11.0 Å². The Bertz CT molecular complexity index is 955. The molecule has 0 atom stereocenters. The summed E-state index contributed by atoms with van der Waals surface area (Å²) >= 11 is 5.02. The Labute approximate surface area is 162 Å². The summed E-state index contributed by atoms with van der Waals surface area (Å²) in [6.45, 7) is -0.216. The van der Waals surface area contributed by atoms with Gasteiger partial charge < -0.3 is 4.74 Å². The molecular weight excluding hydrogens is 416 g/mol. The van der Waals surface area contributed by atoms with Crippen LogP contribution in [-0.4, -0.2) is 18.4 Å². The summed E-state index contributed by atoms with van der Waals surface area (Å²) in [5.74, 6) is -0.315. The number of benzene rings is 2. The molecule has 0 aliphatic heterocycles. The third kappa shape index (κ3) is 4.71. The van der Waals surface area contributed by atoms with Crippen LogP contribution in [0.3, 0.4) is 0 Å². The molecule has 0 aliphatic carbocycles. The quantitative estimate of drug-likeness (QED) is 0.476. The molecule has 2 amide bonds. The van der Waals surface area contributed by atoms with Crippen LogP contribution in [-0.2, 0) is 9.59 Å². The van der Waals surface area contributed by atoms with Crippen molar-refractivity contribution in [2.45, 2.75) is 0 Å². The third-order valence-electron chi connectivity index (χ3n) is 3.45. The second-order valence-corrected chi connectivity index (χ2v) is 7.05. The van der Waals surface area contributed by atoms with Crippen molar-refractivity contribution in [3.8, 4) is 5.75 Å². The highest BCUT2D eigenvalue weighted by atomic mass is 79.9. The fourth-order valence-electron chi connectivity index (χ4n) is 2.22. The van der Waals surface area contributed by atoms with Gasteiger partial charge in [-0.3, -0.25) is 20.4 Å². The van der Waals surface area contributed by atoms with E-state index < -0.39 is 11.8 Å². The molecule has 0 fully saturated rings. The fourth-order valence-corrected chi connectivity index (χ4v) is 3.45. The molecule has 7 heteroatoms. The van der Waals surface area contributed by atoms with Crippen molar-refractivity contribution < 1.29 is 14.3 Å². The van der Waals surface area contributed by atoms with E-state index in [2.05, 4.69) is 26.8 Å². The molecule has 2 N–H and O–H groups in total. The topological polar surface area (TPSA) is 67.4 Å². The molecule has 26 heavy (non-hydrogen) atoms. The normalized spacial score (nSPS) is 10.8. The lowest BCUT2D eigenvalue weighted by Crippen LogP contribution is -2.43. The zero-order valence-corrected chi connectivity index (χ0v) is 16.0. The Morgan fingerprint density at radius 1 is 1.08 bits per heavy atom. The van der Waals surface area contributed by atoms with Crippen LogP contribution in [0.5, 0.6) is 5.75 Å². The number of halogens is 1. The SMILES string of the molecule is O=C(/C=C/c1cccs1)NNC(=O)COc1ccc2ccccc2c1Br. The zero-order valence-electron chi connectivity index (χ0n) is 13.6. The van der Waals surface area contributed by atoms with E-state index in [1.54, 1.807) is 12.1 Å². The Hall–Kier alpha value is -2.64. The smallest absolute Gasteiger partial charge is 0.276 e. The van der Waals surface area contributed by atoms with E-state index in [0.29, 0.717) is 5.75 Å². The van der Waals surface area contributed by atoms with Gasteiger partial charge in [0.25, 0.3) is 11.8 Å². The monoisotopic (exact) mass is 430 g/mol. The second-order valence-electron chi connectivity index (χ2n) is 5.27. The number of carbonyl (C=O) groups excluding carboxylic acids is 2. The predicted octanol–water partition coefficient (Wildman–Crippen LogP) is 3.90. The Morgan fingerprint density at radius 2 is 1.92 bits per heavy atom. The minimum absolute atomic E-state index is 0.216. The predicted molar refractivity (Wildman–Crippen MR) is 107 cm³/mol. The van der Waals surface area contributed by atoms with E-state index in [0.717, 1.165) is 20.1 Å². The summed E-state index contributed by atoms with van der Waals surface area (Å²) in [7, 11) is 0. The number of hydrazine groups is 1. The molecule has 0 bridgehead atoms. The zero-order chi connectivity index (χ0) is 18.4. The van der Waals surface area contributed by atoms with E-state index in [9.17, 15) is 9.59 Å². The minimum Gasteiger partial charge on any atom is -0.483 e. The first-order valence-corrected chi connectivity index (χ1v) is 9.41. The molecule has 132 valence electrons. The van der Waals surface area contributed by atoms with E-state index in [-0.39, 0.29) is 6.61 Å². The van der Waals surface area contributed by atoms with Crippen LogP contribution in [0, 0.1) is 0 Å². The number of carbonyl (C=O) groups is 2. The van der Waals surface area contributed by atoms with Crippen molar-refractivity contribution in [2.24, 2.45) is 0 Å². The van der Waals surface area contributed by atoms with Crippen molar-refractivity contribution in [3.05, 3.63) is 69.3 Å². The van der Waals surface area contributed by atoms with Crippen molar-refractivity contribution in [3.63, 3.8) is 0 Å². The molecule has 1 heterocycles. The maximum absolute atomic E-state index is 11.8. The maximum Gasteiger partial charge on any atom is 0.276 e. The van der Waals surface area contributed by atoms with Gasteiger partial charge in [0.1, 0.15) is 5.75 Å². The summed E-state index contributed by atoms with van der Waals surface area (Å²) in [6.07, 6.45) is 3.03. The standard InChI is InChI=1S/C19H15BrN2O3S/c20-19-15-6-2-1-4-13(15)7-9-16(19)25-12-18(24)22-21-17(23)10-8-14-5-3-11-26-14/h1-11H,12H2,(H,21,23)(H,22,24)/b10-8+. The second kappa shape index (κ2) is 8.64.